The lowest BCUT2D eigenvalue weighted by atomic mass is 9.95. The van der Waals surface area contributed by atoms with Gasteiger partial charge in [-0.2, -0.15) is 5.26 Å². The van der Waals surface area contributed by atoms with E-state index in [1.165, 1.54) is 6.42 Å². The summed E-state index contributed by atoms with van der Waals surface area (Å²) in [5, 5.41) is 12.5. The van der Waals surface area contributed by atoms with E-state index in [1.807, 2.05) is 6.92 Å². The third-order valence-corrected chi connectivity index (χ3v) is 5.63. The SMILES string of the molecule is Cc1cc(/C=C(\C#N)C(=O)NC2CCCCC2)c(C)n1CC1CCCO1. The number of aromatic nitrogens is 1. The molecular weight excluding hydrogens is 326 g/mol. The number of carbonyl (C=O) groups is 1. The van der Waals surface area contributed by atoms with Gasteiger partial charge in [-0.1, -0.05) is 19.3 Å². The smallest absolute Gasteiger partial charge is 0.262 e. The molecule has 1 unspecified atom stereocenters. The van der Waals surface area contributed by atoms with Crippen LogP contribution in [-0.4, -0.2) is 29.2 Å². The molecule has 1 saturated heterocycles. The average Bonchev–Trinajstić information content (AvgIpc) is 3.24. The number of hydrogen-bond donors (Lipinski definition) is 1. The summed E-state index contributed by atoms with van der Waals surface area (Å²) in [6.07, 6.45) is 9.78. The highest BCUT2D eigenvalue weighted by molar-refractivity contribution is 6.02. The lowest BCUT2D eigenvalue weighted by Gasteiger charge is -2.22. The molecule has 0 aromatic carbocycles. The summed E-state index contributed by atoms with van der Waals surface area (Å²) in [4.78, 5) is 12.5. The Balaban J connectivity index is 1.73. The van der Waals surface area contributed by atoms with Crippen LogP contribution in [0.5, 0.6) is 0 Å². The molecule has 1 saturated carbocycles. The summed E-state index contributed by atoms with van der Waals surface area (Å²) >= 11 is 0. The monoisotopic (exact) mass is 355 g/mol. The van der Waals surface area contributed by atoms with Crippen LogP contribution in [0.3, 0.4) is 0 Å². The average molecular weight is 355 g/mol. The fourth-order valence-electron chi connectivity index (χ4n) is 4.06. The Labute approximate surface area is 156 Å². The summed E-state index contributed by atoms with van der Waals surface area (Å²) < 4.78 is 7.98. The summed E-state index contributed by atoms with van der Waals surface area (Å²) in [5.74, 6) is -0.247. The first-order valence-electron chi connectivity index (χ1n) is 9.79. The van der Waals surface area contributed by atoms with Crippen LogP contribution in [0.25, 0.3) is 6.08 Å². The predicted molar refractivity (Wildman–Crippen MR) is 101 cm³/mol. The number of amides is 1. The van der Waals surface area contributed by atoms with Gasteiger partial charge in [0.15, 0.2) is 0 Å². The number of nitriles is 1. The van der Waals surface area contributed by atoms with E-state index in [0.717, 1.165) is 68.6 Å². The topological polar surface area (TPSA) is 67.0 Å². The molecule has 1 aliphatic carbocycles. The van der Waals surface area contributed by atoms with Gasteiger partial charge in [0, 0.05) is 30.6 Å². The van der Waals surface area contributed by atoms with Gasteiger partial charge in [-0.05, 0) is 57.2 Å². The van der Waals surface area contributed by atoms with Crippen molar-refractivity contribution in [2.75, 3.05) is 6.61 Å². The molecule has 5 nitrogen and oxygen atoms in total. The predicted octanol–water partition coefficient (Wildman–Crippen LogP) is 3.64. The van der Waals surface area contributed by atoms with Gasteiger partial charge in [0.05, 0.1) is 6.10 Å². The number of ether oxygens (including phenoxy) is 1. The lowest BCUT2D eigenvalue weighted by molar-refractivity contribution is -0.117. The van der Waals surface area contributed by atoms with Crippen LogP contribution in [0.15, 0.2) is 11.6 Å². The van der Waals surface area contributed by atoms with Gasteiger partial charge < -0.3 is 14.6 Å². The molecule has 1 N–H and O–H groups in total. The molecule has 1 atom stereocenters. The second-order valence-electron chi connectivity index (χ2n) is 7.55. The van der Waals surface area contributed by atoms with Crippen molar-refractivity contribution in [3.05, 3.63) is 28.6 Å². The molecule has 1 aliphatic heterocycles. The molecule has 5 heteroatoms. The molecule has 2 fully saturated rings. The zero-order valence-electron chi connectivity index (χ0n) is 15.9. The van der Waals surface area contributed by atoms with Crippen molar-refractivity contribution in [2.24, 2.45) is 0 Å². The maximum absolute atomic E-state index is 12.5. The molecule has 1 amide bonds. The third-order valence-electron chi connectivity index (χ3n) is 5.63. The van der Waals surface area contributed by atoms with Gasteiger partial charge in [-0.25, -0.2) is 0 Å². The van der Waals surface area contributed by atoms with Gasteiger partial charge in [0.25, 0.3) is 5.91 Å². The molecule has 140 valence electrons. The molecule has 2 aliphatic rings. The molecule has 3 rings (SSSR count). The van der Waals surface area contributed by atoms with Gasteiger partial charge in [-0.15, -0.1) is 0 Å². The molecule has 0 bridgehead atoms. The summed E-state index contributed by atoms with van der Waals surface area (Å²) in [7, 11) is 0. The first kappa shape index (κ1) is 18.7. The molecule has 0 spiro atoms. The molecule has 1 aromatic rings. The number of hydrogen-bond acceptors (Lipinski definition) is 3. The number of nitrogens with one attached hydrogen (secondary N) is 1. The first-order valence-corrected chi connectivity index (χ1v) is 9.79. The highest BCUT2D eigenvalue weighted by Gasteiger charge is 2.20. The lowest BCUT2D eigenvalue weighted by Crippen LogP contribution is -2.36. The van der Waals surface area contributed by atoms with Crippen molar-refractivity contribution in [1.29, 1.82) is 5.26 Å². The van der Waals surface area contributed by atoms with Gasteiger partial charge in [0.1, 0.15) is 11.6 Å². The highest BCUT2D eigenvalue weighted by Crippen LogP contribution is 2.22. The van der Waals surface area contributed by atoms with Gasteiger partial charge >= 0.3 is 0 Å². The minimum atomic E-state index is -0.247. The maximum Gasteiger partial charge on any atom is 0.262 e. The Morgan fingerprint density at radius 1 is 1.31 bits per heavy atom. The van der Waals surface area contributed by atoms with Crippen molar-refractivity contribution in [1.82, 2.24) is 9.88 Å². The van der Waals surface area contributed by atoms with Crippen molar-refractivity contribution < 1.29 is 9.53 Å². The number of aryl methyl sites for hydroxylation is 1. The molecule has 0 radical (unpaired) electrons. The minimum absolute atomic E-state index is 0.188. The normalized spacial score (nSPS) is 21.6. The van der Waals surface area contributed by atoms with Crippen molar-refractivity contribution in [2.45, 2.75) is 77.5 Å². The zero-order chi connectivity index (χ0) is 18.5. The minimum Gasteiger partial charge on any atom is -0.376 e. The Kier molecular flexibility index (Phi) is 6.16. The second-order valence-corrected chi connectivity index (χ2v) is 7.55. The van der Waals surface area contributed by atoms with E-state index >= 15 is 0 Å². The first-order chi connectivity index (χ1) is 12.6. The van der Waals surface area contributed by atoms with E-state index in [4.69, 9.17) is 4.74 Å². The van der Waals surface area contributed by atoms with E-state index in [1.54, 1.807) is 6.08 Å². The van der Waals surface area contributed by atoms with Crippen LogP contribution in [-0.2, 0) is 16.1 Å². The van der Waals surface area contributed by atoms with Crippen molar-refractivity contribution in [3.63, 3.8) is 0 Å². The van der Waals surface area contributed by atoms with E-state index in [2.05, 4.69) is 28.9 Å². The molecule has 1 aromatic heterocycles. The molecule has 26 heavy (non-hydrogen) atoms. The Morgan fingerprint density at radius 2 is 2.08 bits per heavy atom. The van der Waals surface area contributed by atoms with Crippen LogP contribution in [0.2, 0.25) is 0 Å². The Bertz CT molecular complexity index is 714. The molecular formula is C21H29N3O2. The molecule has 2 heterocycles. The summed E-state index contributed by atoms with van der Waals surface area (Å²) in [5.41, 5.74) is 3.34. The van der Waals surface area contributed by atoms with E-state index in [0.29, 0.717) is 0 Å². The van der Waals surface area contributed by atoms with Crippen LogP contribution in [0.4, 0.5) is 0 Å². The van der Waals surface area contributed by atoms with Crippen LogP contribution in [0.1, 0.15) is 61.9 Å². The van der Waals surface area contributed by atoms with Crippen LogP contribution >= 0.6 is 0 Å². The van der Waals surface area contributed by atoms with Crippen molar-refractivity contribution >= 4 is 12.0 Å². The Hall–Kier alpha value is -2.06. The quantitative estimate of drug-likeness (QED) is 0.648. The summed E-state index contributed by atoms with van der Waals surface area (Å²) in [6, 6.07) is 4.34. The maximum atomic E-state index is 12.5. The van der Waals surface area contributed by atoms with E-state index in [-0.39, 0.29) is 23.6 Å². The fraction of sp³-hybridized carbons (Fsp3) is 0.619. The van der Waals surface area contributed by atoms with E-state index < -0.39 is 0 Å². The number of rotatable bonds is 5. The zero-order valence-corrected chi connectivity index (χ0v) is 15.9. The fourth-order valence-corrected chi connectivity index (χ4v) is 4.06. The van der Waals surface area contributed by atoms with Crippen LogP contribution in [0, 0.1) is 25.2 Å². The van der Waals surface area contributed by atoms with Crippen molar-refractivity contribution in [3.8, 4) is 6.07 Å². The van der Waals surface area contributed by atoms with Gasteiger partial charge in [0.2, 0.25) is 0 Å². The highest BCUT2D eigenvalue weighted by atomic mass is 16.5. The largest absolute Gasteiger partial charge is 0.376 e. The standard InChI is InChI=1S/C21H29N3O2/c1-15-11-17(16(2)24(15)14-20-9-6-10-26-20)12-18(13-22)21(25)23-19-7-4-3-5-8-19/h11-12,19-20H,3-10,14H2,1-2H3,(H,23,25)/b18-12+. The third kappa shape index (κ3) is 4.37. The second kappa shape index (κ2) is 8.55. The van der Waals surface area contributed by atoms with Crippen LogP contribution < -0.4 is 5.32 Å². The van der Waals surface area contributed by atoms with E-state index in [9.17, 15) is 10.1 Å². The Morgan fingerprint density at radius 3 is 2.73 bits per heavy atom. The number of nitrogens with zero attached hydrogens (tertiary/aromatic N) is 2. The van der Waals surface area contributed by atoms with Gasteiger partial charge in [-0.3, -0.25) is 4.79 Å². The number of carbonyl (C=O) groups excluding carboxylic acids is 1. The summed E-state index contributed by atoms with van der Waals surface area (Å²) in [6.45, 7) is 5.79.